The van der Waals surface area contributed by atoms with Crippen molar-refractivity contribution in [1.29, 1.82) is 0 Å². The van der Waals surface area contributed by atoms with E-state index in [0.717, 1.165) is 4.31 Å². The Balaban J connectivity index is 1.51. The van der Waals surface area contributed by atoms with Crippen LogP contribution in [0.5, 0.6) is 0 Å². The number of halogens is 1. The first-order valence-corrected chi connectivity index (χ1v) is 14.1. The van der Waals surface area contributed by atoms with Gasteiger partial charge in [-0.25, -0.2) is 21.8 Å². The van der Waals surface area contributed by atoms with E-state index in [2.05, 4.69) is 15.0 Å². The number of hydrogen-bond donors (Lipinski definition) is 2. The molecule has 0 atom stereocenters. The lowest BCUT2D eigenvalue weighted by molar-refractivity contribution is -0.114. The highest BCUT2D eigenvalue weighted by Gasteiger charge is 2.27. The first-order valence-electron chi connectivity index (χ1n) is 10.8. The lowest BCUT2D eigenvalue weighted by Gasteiger charge is -2.24. The number of rotatable bonds is 9. The summed E-state index contributed by atoms with van der Waals surface area (Å²) in [6, 6.07) is 24.1. The second-order valence-corrected chi connectivity index (χ2v) is 11.7. The number of anilines is 3. The molecule has 0 aliphatic rings. The number of para-hydroxylation sites is 1. The number of carbonyl (C=O) groups is 1. The quantitative estimate of drug-likeness (QED) is 0.315. The lowest BCUT2D eigenvalue weighted by Crippen LogP contribution is -2.38. The van der Waals surface area contributed by atoms with Gasteiger partial charge in [-0.15, -0.1) is 0 Å². The van der Waals surface area contributed by atoms with E-state index >= 15 is 0 Å². The SMILES string of the molecule is O=C(CN(c1ccccc1)S(=O)(=O)c1ccc(Cl)cc1)Nc1ccc(S(=O)(=O)Nc2ccccn2)cc1. The second-order valence-electron chi connectivity index (χ2n) is 7.69. The predicted octanol–water partition coefficient (Wildman–Crippen LogP) is 4.37. The largest absolute Gasteiger partial charge is 0.325 e. The molecule has 0 aliphatic heterocycles. The molecule has 0 saturated carbocycles. The van der Waals surface area contributed by atoms with E-state index < -0.39 is 32.5 Å². The molecule has 37 heavy (non-hydrogen) atoms. The first kappa shape index (κ1) is 26.1. The van der Waals surface area contributed by atoms with E-state index in [1.165, 1.54) is 60.8 Å². The average Bonchev–Trinajstić information content (AvgIpc) is 2.88. The Morgan fingerprint density at radius 3 is 2.03 bits per heavy atom. The fraction of sp³-hybridized carbons (Fsp3) is 0.0400. The summed E-state index contributed by atoms with van der Waals surface area (Å²) >= 11 is 5.90. The summed E-state index contributed by atoms with van der Waals surface area (Å²) in [5.41, 5.74) is 0.591. The van der Waals surface area contributed by atoms with Crippen LogP contribution < -0.4 is 14.3 Å². The monoisotopic (exact) mass is 556 g/mol. The van der Waals surface area contributed by atoms with Crippen LogP contribution in [0, 0.1) is 0 Å². The summed E-state index contributed by atoms with van der Waals surface area (Å²) in [4.78, 5) is 16.8. The Morgan fingerprint density at radius 1 is 0.784 bits per heavy atom. The van der Waals surface area contributed by atoms with Crippen molar-refractivity contribution in [3.8, 4) is 0 Å². The second kappa shape index (κ2) is 11.0. The van der Waals surface area contributed by atoms with E-state index in [0.29, 0.717) is 16.4 Å². The zero-order valence-electron chi connectivity index (χ0n) is 19.2. The third kappa shape index (κ3) is 6.45. The van der Waals surface area contributed by atoms with Gasteiger partial charge in [0.05, 0.1) is 15.5 Å². The molecule has 0 saturated heterocycles. The molecule has 4 rings (SSSR count). The van der Waals surface area contributed by atoms with Crippen LogP contribution >= 0.6 is 11.6 Å². The third-order valence-electron chi connectivity index (χ3n) is 5.09. The van der Waals surface area contributed by atoms with Crippen molar-refractivity contribution in [2.75, 3.05) is 20.9 Å². The third-order valence-corrected chi connectivity index (χ3v) is 8.50. The molecule has 4 aromatic rings. The molecule has 0 spiro atoms. The molecule has 2 N–H and O–H groups in total. The van der Waals surface area contributed by atoms with Crippen LogP contribution in [0.25, 0.3) is 0 Å². The number of nitrogens with one attached hydrogen (secondary N) is 2. The number of hydrogen-bond acceptors (Lipinski definition) is 6. The van der Waals surface area contributed by atoms with Crippen molar-refractivity contribution in [2.24, 2.45) is 0 Å². The van der Waals surface area contributed by atoms with Crippen LogP contribution in [-0.2, 0) is 24.8 Å². The van der Waals surface area contributed by atoms with Gasteiger partial charge < -0.3 is 5.32 Å². The zero-order valence-corrected chi connectivity index (χ0v) is 21.5. The van der Waals surface area contributed by atoms with Crippen molar-refractivity contribution < 1.29 is 21.6 Å². The van der Waals surface area contributed by atoms with Gasteiger partial charge in [0.1, 0.15) is 12.4 Å². The van der Waals surface area contributed by atoms with Crippen LogP contribution in [0.15, 0.2) is 113 Å². The first-order chi connectivity index (χ1) is 17.6. The highest BCUT2D eigenvalue weighted by Crippen LogP contribution is 2.25. The molecule has 12 heteroatoms. The average molecular weight is 557 g/mol. The van der Waals surface area contributed by atoms with Crippen molar-refractivity contribution >= 4 is 54.7 Å². The van der Waals surface area contributed by atoms with Crippen LogP contribution in [0.4, 0.5) is 17.2 Å². The van der Waals surface area contributed by atoms with Crippen LogP contribution in [-0.4, -0.2) is 34.3 Å². The maximum Gasteiger partial charge on any atom is 0.264 e. The van der Waals surface area contributed by atoms with Crippen molar-refractivity contribution in [1.82, 2.24) is 4.98 Å². The predicted molar refractivity (Wildman–Crippen MR) is 143 cm³/mol. The van der Waals surface area contributed by atoms with Crippen molar-refractivity contribution in [3.05, 3.63) is 108 Å². The van der Waals surface area contributed by atoms with E-state index in [4.69, 9.17) is 11.6 Å². The van der Waals surface area contributed by atoms with Gasteiger partial charge in [-0.05, 0) is 72.8 Å². The molecule has 190 valence electrons. The van der Waals surface area contributed by atoms with E-state index in [1.54, 1.807) is 42.5 Å². The van der Waals surface area contributed by atoms with Gasteiger partial charge in [0, 0.05) is 16.9 Å². The Bertz CT molecular complexity index is 1580. The summed E-state index contributed by atoms with van der Waals surface area (Å²) in [7, 11) is -7.98. The number of sulfonamides is 2. The van der Waals surface area contributed by atoms with Crippen LogP contribution in [0.3, 0.4) is 0 Å². The van der Waals surface area contributed by atoms with Gasteiger partial charge >= 0.3 is 0 Å². The molecule has 1 amide bonds. The highest BCUT2D eigenvalue weighted by molar-refractivity contribution is 7.93. The number of benzene rings is 3. The molecule has 1 aromatic heterocycles. The van der Waals surface area contributed by atoms with Crippen molar-refractivity contribution in [3.63, 3.8) is 0 Å². The summed E-state index contributed by atoms with van der Waals surface area (Å²) in [6.45, 7) is -0.518. The van der Waals surface area contributed by atoms with Gasteiger partial charge in [0.25, 0.3) is 20.0 Å². The van der Waals surface area contributed by atoms with Crippen LogP contribution in [0.2, 0.25) is 5.02 Å². The summed E-state index contributed by atoms with van der Waals surface area (Å²) in [5, 5.41) is 2.99. The summed E-state index contributed by atoms with van der Waals surface area (Å²) in [5.74, 6) is -0.452. The highest BCUT2D eigenvalue weighted by atomic mass is 35.5. The molecule has 0 bridgehead atoms. The number of pyridine rings is 1. The topological polar surface area (TPSA) is 126 Å². The zero-order chi connectivity index (χ0) is 26.5. The maximum absolute atomic E-state index is 13.4. The Morgan fingerprint density at radius 2 is 1.41 bits per heavy atom. The molecular weight excluding hydrogens is 536 g/mol. The summed E-state index contributed by atoms with van der Waals surface area (Å²) in [6.07, 6.45) is 1.46. The lowest BCUT2D eigenvalue weighted by atomic mass is 10.3. The minimum Gasteiger partial charge on any atom is -0.325 e. The Labute approximate surface area is 219 Å². The number of nitrogens with zero attached hydrogens (tertiary/aromatic N) is 2. The van der Waals surface area contributed by atoms with E-state index in [-0.39, 0.29) is 15.6 Å². The number of aromatic nitrogens is 1. The molecule has 0 fully saturated rings. The minimum atomic E-state index is -4.09. The molecule has 1 heterocycles. The number of amides is 1. The molecular formula is C25H21ClN4O5S2. The normalized spacial score (nSPS) is 11.5. The molecule has 3 aromatic carbocycles. The van der Waals surface area contributed by atoms with Gasteiger partial charge in [0.2, 0.25) is 5.91 Å². The Hall–Kier alpha value is -3.93. The van der Waals surface area contributed by atoms with Crippen molar-refractivity contribution in [2.45, 2.75) is 9.79 Å². The fourth-order valence-electron chi connectivity index (χ4n) is 3.31. The molecule has 9 nitrogen and oxygen atoms in total. The Kier molecular flexibility index (Phi) is 7.77. The minimum absolute atomic E-state index is 0.0245. The van der Waals surface area contributed by atoms with Gasteiger partial charge in [-0.2, -0.15) is 0 Å². The molecule has 0 aliphatic carbocycles. The van der Waals surface area contributed by atoms with Gasteiger partial charge in [-0.1, -0.05) is 35.9 Å². The maximum atomic E-state index is 13.4. The number of carbonyl (C=O) groups excluding carboxylic acids is 1. The molecule has 0 unspecified atom stereocenters. The molecule has 0 radical (unpaired) electrons. The van der Waals surface area contributed by atoms with Gasteiger partial charge in [-0.3, -0.25) is 13.8 Å². The fourth-order valence-corrected chi connectivity index (χ4v) is 5.87. The van der Waals surface area contributed by atoms with E-state index in [1.807, 2.05) is 0 Å². The van der Waals surface area contributed by atoms with E-state index in [9.17, 15) is 21.6 Å². The smallest absolute Gasteiger partial charge is 0.264 e. The summed E-state index contributed by atoms with van der Waals surface area (Å²) < 4.78 is 55.2. The standard InChI is InChI=1S/C25H21ClN4O5S2/c26-19-9-13-23(14-10-19)37(34,35)30(21-6-2-1-3-7-21)18-25(31)28-20-11-15-22(16-12-20)36(32,33)29-24-8-4-5-17-27-24/h1-17H,18H2,(H,27,29)(H,28,31). The van der Waals surface area contributed by atoms with Crippen LogP contribution in [0.1, 0.15) is 0 Å². The van der Waals surface area contributed by atoms with Gasteiger partial charge in [0.15, 0.2) is 0 Å².